The Kier molecular flexibility index (Phi) is 7.31. The smallest absolute Gasteiger partial charge is 0.152 e. The monoisotopic (exact) mass is 485 g/mol. The molecule has 6 heteroatoms. The summed E-state index contributed by atoms with van der Waals surface area (Å²) < 4.78 is 13.4. The van der Waals surface area contributed by atoms with Crippen LogP contribution in [0.2, 0.25) is 0 Å². The highest BCUT2D eigenvalue weighted by Crippen LogP contribution is 2.30. The maximum Gasteiger partial charge on any atom is 0.152 e. The van der Waals surface area contributed by atoms with Crippen molar-refractivity contribution in [1.82, 2.24) is 9.88 Å². The van der Waals surface area contributed by atoms with E-state index in [1.165, 1.54) is 4.70 Å². The number of anilines is 1. The maximum absolute atomic E-state index is 6.58. The lowest BCUT2D eigenvalue weighted by Gasteiger charge is -2.40. The molecule has 2 heterocycles. The van der Waals surface area contributed by atoms with E-state index in [-0.39, 0.29) is 6.23 Å². The number of nitrogens with zero attached hydrogens (tertiary/aromatic N) is 3. The average molecular weight is 486 g/mol. The van der Waals surface area contributed by atoms with Gasteiger partial charge in [-0.25, -0.2) is 4.98 Å². The van der Waals surface area contributed by atoms with Gasteiger partial charge >= 0.3 is 0 Å². The molecule has 1 aromatic heterocycles. The van der Waals surface area contributed by atoms with E-state index < -0.39 is 0 Å². The molecule has 3 aromatic carbocycles. The largest absolute Gasteiger partial charge is 0.495 e. The molecule has 0 saturated carbocycles. The van der Waals surface area contributed by atoms with E-state index >= 15 is 0 Å². The number of hydrogen-bond donors (Lipinski definition) is 0. The number of benzene rings is 3. The predicted octanol–water partition coefficient (Wildman–Crippen LogP) is 6.41. The molecule has 0 aliphatic carbocycles. The Morgan fingerprint density at radius 3 is 2.37 bits per heavy atom. The van der Waals surface area contributed by atoms with Gasteiger partial charge in [0.05, 0.1) is 23.0 Å². The molecule has 35 heavy (non-hydrogen) atoms. The van der Waals surface area contributed by atoms with Crippen molar-refractivity contribution >= 4 is 39.4 Å². The highest BCUT2D eigenvalue weighted by molar-refractivity contribution is 7.19. The number of hydrogen-bond acceptors (Lipinski definition) is 6. The Labute approximate surface area is 211 Å². The quantitative estimate of drug-likeness (QED) is 0.288. The number of rotatable bonds is 8. The normalized spacial score (nSPS) is 15.5. The summed E-state index contributed by atoms with van der Waals surface area (Å²) >= 11 is 1.70. The van der Waals surface area contributed by atoms with Gasteiger partial charge in [-0.15, -0.1) is 11.3 Å². The van der Waals surface area contributed by atoms with Crippen LogP contribution in [-0.4, -0.2) is 49.4 Å². The van der Waals surface area contributed by atoms with Crippen molar-refractivity contribution in [1.29, 1.82) is 0 Å². The molecule has 4 aromatic rings. The van der Waals surface area contributed by atoms with Crippen LogP contribution in [0.25, 0.3) is 22.4 Å². The lowest BCUT2D eigenvalue weighted by Crippen LogP contribution is -2.52. The highest BCUT2D eigenvalue weighted by Gasteiger charge is 2.25. The molecule has 1 unspecified atom stereocenters. The van der Waals surface area contributed by atoms with Gasteiger partial charge in [0.2, 0.25) is 0 Å². The molecule has 0 N–H and O–H groups in total. The van der Waals surface area contributed by atoms with Crippen LogP contribution in [0, 0.1) is 0 Å². The van der Waals surface area contributed by atoms with Gasteiger partial charge in [-0.1, -0.05) is 49.4 Å². The zero-order chi connectivity index (χ0) is 24.0. The number of aromatic nitrogens is 1. The van der Waals surface area contributed by atoms with E-state index in [1.807, 2.05) is 24.3 Å². The van der Waals surface area contributed by atoms with Crippen LogP contribution in [0.1, 0.15) is 23.9 Å². The molecule has 1 atom stereocenters. The lowest BCUT2D eigenvalue weighted by atomic mass is 10.2. The van der Waals surface area contributed by atoms with Crippen LogP contribution in [0.4, 0.5) is 5.69 Å². The van der Waals surface area contributed by atoms with Gasteiger partial charge in [0.1, 0.15) is 16.5 Å². The summed E-state index contributed by atoms with van der Waals surface area (Å²) in [6, 6.07) is 24.8. The third kappa shape index (κ3) is 5.34. The van der Waals surface area contributed by atoms with Gasteiger partial charge in [0.15, 0.2) is 6.23 Å². The second-order valence-corrected chi connectivity index (χ2v) is 9.63. The highest BCUT2D eigenvalue weighted by atomic mass is 32.1. The predicted molar refractivity (Wildman–Crippen MR) is 146 cm³/mol. The van der Waals surface area contributed by atoms with Crippen molar-refractivity contribution in [3.8, 4) is 11.5 Å². The van der Waals surface area contributed by atoms with Crippen LogP contribution in [0.15, 0.2) is 72.8 Å². The van der Waals surface area contributed by atoms with Gasteiger partial charge in [0, 0.05) is 31.7 Å². The fraction of sp³-hybridized carbons (Fsp3) is 0.276. The summed E-state index contributed by atoms with van der Waals surface area (Å²) in [5.74, 6) is 1.84. The zero-order valence-electron chi connectivity index (χ0n) is 20.3. The van der Waals surface area contributed by atoms with E-state index in [0.29, 0.717) is 0 Å². The molecule has 180 valence electrons. The number of methoxy groups -OCH3 is 1. The molecule has 1 aliphatic rings. The molecule has 1 fully saturated rings. The van der Waals surface area contributed by atoms with Crippen molar-refractivity contribution < 1.29 is 9.47 Å². The van der Waals surface area contributed by atoms with E-state index in [1.54, 1.807) is 18.4 Å². The third-order valence-electron chi connectivity index (χ3n) is 6.39. The first-order chi connectivity index (χ1) is 17.2. The Morgan fingerprint density at radius 1 is 0.886 bits per heavy atom. The molecule has 1 saturated heterocycles. The molecule has 5 nitrogen and oxygen atoms in total. The summed E-state index contributed by atoms with van der Waals surface area (Å²) in [5.41, 5.74) is 3.27. The minimum absolute atomic E-state index is 0.0341. The first-order valence-electron chi connectivity index (χ1n) is 12.2. The minimum atomic E-state index is 0.0341. The second kappa shape index (κ2) is 10.9. The van der Waals surface area contributed by atoms with E-state index in [9.17, 15) is 0 Å². The maximum atomic E-state index is 6.58. The lowest BCUT2D eigenvalue weighted by molar-refractivity contribution is 0.0183. The summed E-state index contributed by atoms with van der Waals surface area (Å²) in [4.78, 5) is 9.57. The molecule has 0 radical (unpaired) electrons. The van der Waals surface area contributed by atoms with Crippen molar-refractivity contribution in [2.24, 2.45) is 0 Å². The van der Waals surface area contributed by atoms with Gasteiger partial charge < -0.3 is 14.4 Å². The Balaban J connectivity index is 1.26. The van der Waals surface area contributed by atoms with Gasteiger partial charge in [-0.05, 0) is 48.9 Å². The number of fused-ring (bicyclic) bond motifs is 1. The van der Waals surface area contributed by atoms with Crippen molar-refractivity contribution in [2.75, 3.05) is 38.2 Å². The van der Waals surface area contributed by atoms with Crippen LogP contribution < -0.4 is 14.4 Å². The van der Waals surface area contributed by atoms with Gasteiger partial charge in [-0.2, -0.15) is 0 Å². The second-order valence-electron chi connectivity index (χ2n) is 8.57. The average Bonchev–Trinajstić information content (AvgIpc) is 3.34. The molecule has 1 aliphatic heterocycles. The fourth-order valence-corrected chi connectivity index (χ4v) is 5.42. The van der Waals surface area contributed by atoms with Crippen molar-refractivity contribution in [3.63, 3.8) is 0 Å². The van der Waals surface area contributed by atoms with Crippen LogP contribution in [0.5, 0.6) is 11.5 Å². The summed E-state index contributed by atoms with van der Waals surface area (Å²) in [5, 5.41) is 1.00. The first kappa shape index (κ1) is 23.4. The van der Waals surface area contributed by atoms with E-state index in [2.05, 4.69) is 77.4 Å². The van der Waals surface area contributed by atoms with Gasteiger partial charge in [0.25, 0.3) is 0 Å². The molecular formula is C29H31N3O2S. The fourth-order valence-electron chi connectivity index (χ4n) is 4.55. The Morgan fingerprint density at radius 2 is 1.60 bits per heavy atom. The summed E-state index contributed by atoms with van der Waals surface area (Å²) in [6.45, 7) is 5.97. The molecule has 0 spiro atoms. The molecule has 0 amide bonds. The topological polar surface area (TPSA) is 37.8 Å². The van der Waals surface area contributed by atoms with Crippen LogP contribution in [0.3, 0.4) is 0 Å². The SMILES string of the molecule is CCC(Oc1ccccc1/C=C/c1nc2ccccc2s1)N1CCN(c2ccccc2OC)CC1. The molecule has 5 rings (SSSR count). The van der Waals surface area contributed by atoms with Crippen molar-refractivity contribution in [3.05, 3.63) is 83.4 Å². The first-order valence-corrected chi connectivity index (χ1v) is 13.0. The number of ether oxygens (including phenoxy) is 2. The van der Waals surface area contributed by atoms with Crippen LogP contribution in [-0.2, 0) is 0 Å². The molecule has 0 bridgehead atoms. The Hall–Kier alpha value is -3.35. The van der Waals surface area contributed by atoms with Gasteiger partial charge in [-0.3, -0.25) is 4.90 Å². The van der Waals surface area contributed by atoms with E-state index in [0.717, 1.165) is 65.9 Å². The van der Waals surface area contributed by atoms with Crippen LogP contribution >= 0.6 is 11.3 Å². The zero-order valence-corrected chi connectivity index (χ0v) is 21.1. The standard InChI is InChI=1S/C29H31N3O2S/c1-3-29(32-20-18-31(19-21-32)24-12-6-8-14-26(24)33-2)34-25-13-7-4-10-22(25)16-17-28-30-23-11-5-9-15-27(23)35-28/h4-17,29H,3,18-21H2,1-2H3/b17-16+. The number of para-hydroxylation sites is 4. The third-order valence-corrected chi connectivity index (χ3v) is 7.40. The van der Waals surface area contributed by atoms with Crippen molar-refractivity contribution in [2.45, 2.75) is 19.6 Å². The summed E-state index contributed by atoms with van der Waals surface area (Å²) in [7, 11) is 1.73. The molecular weight excluding hydrogens is 454 g/mol. The number of thiazole rings is 1. The summed E-state index contributed by atoms with van der Waals surface area (Å²) in [6.07, 6.45) is 5.15. The minimum Gasteiger partial charge on any atom is -0.495 e. The van der Waals surface area contributed by atoms with E-state index in [4.69, 9.17) is 14.5 Å². The number of piperazine rings is 1. The Bertz CT molecular complexity index is 1260.